The van der Waals surface area contributed by atoms with Gasteiger partial charge in [0.2, 0.25) is 0 Å². The zero-order chi connectivity index (χ0) is 21.0. The van der Waals surface area contributed by atoms with Crippen LogP contribution in [-0.2, 0) is 0 Å². The summed E-state index contributed by atoms with van der Waals surface area (Å²) in [6.45, 7) is -1.37. The molecule has 3 rings (SSSR count). The number of halogens is 3. The first-order valence-electron chi connectivity index (χ1n) is 8.20. The van der Waals surface area contributed by atoms with Crippen LogP contribution in [0.2, 0.25) is 5.02 Å². The van der Waals surface area contributed by atoms with Gasteiger partial charge in [-0.1, -0.05) is 11.6 Å². The van der Waals surface area contributed by atoms with E-state index < -0.39 is 18.6 Å². The fourth-order valence-electron chi connectivity index (χ4n) is 2.51. The topological polar surface area (TPSA) is 106 Å². The molecule has 30 heavy (non-hydrogen) atoms. The lowest BCUT2D eigenvalue weighted by Gasteiger charge is -2.15. The maximum atomic E-state index is 12.5. The van der Waals surface area contributed by atoms with Crippen LogP contribution < -0.4 is 10.1 Å². The van der Waals surface area contributed by atoms with Gasteiger partial charge in [-0.15, -0.1) is 0 Å². The normalized spacial score (nSPS) is 11.3. The van der Waals surface area contributed by atoms with Crippen LogP contribution in [0.5, 0.6) is 5.75 Å². The number of carbonyl (C=O) groups is 1. The SMILES string of the molecule is C[C@H](NC(=O)c1cc(Cl)cc(OC(F)F)c1)c1ncnn1-c1ccc(C#N)cn1.S. The average molecular weight is 453 g/mol. The molecule has 0 aliphatic heterocycles. The highest BCUT2D eigenvalue weighted by molar-refractivity contribution is 7.59. The molecule has 0 aliphatic carbocycles. The van der Waals surface area contributed by atoms with Gasteiger partial charge in [0.25, 0.3) is 5.91 Å². The predicted molar refractivity (Wildman–Crippen MR) is 108 cm³/mol. The van der Waals surface area contributed by atoms with Crippen molar-refractivity contribution in [2.45, 2.75) is 19.6 Å². The molecular weight excluding hydrogens is 438 g/mol. The Balaban J connectivity index is 0.00000320. The lowest BCUT2D eigenvalue weighted by Crippen LogP contribution is -2.29. The van der Waals surface area contributed by atoms with Crippen LogP contribution in [-0.4, -0.2) is 32.3 Å². The van der Waals surface area contributed by atoms with Gasteiger partial charge in [-0.05, 0) is 37.3 Å². The number of rotatable bonds is 6. The van der Waals surface area contributed by atoms with E-state index in [1.807, 2.05) is 6.07 Å². The van der Waals surface area contributed by atoms with Crippen molar-refractivity contribution in [3.05, 3.63) is 64.8 Å². The van der Waals surface area contributed by atoms with Gasteiger partial charge in [-0.2, -0.15) is 37.3 Å². The maximum absolute atomic E-state index is 12.5. The molecule has 1 N–H and O–H groups in total. The third kappa shape index (κ3) is 5.43. The Bertz CT molecular complexity index is 1070. The number of aromatic nitrogens is 4. The average Bonchev–Trinajstić information content (AvgIpc) is 3.17. The third-order valence-electron chi connectivity index (χ3n) is 3.76. The van der Waals surface area contributed by atoms with Crippen molar-refractivity contribution in [2.75, 3.05) is 0 Å². The van der Waals surface area contributed by atoms with Gasteiger partial charge in [-0.25, -0.2) is 9.97 Å². The van der Waals surface area contributed by atoms with Crippen LogP contribution in [0.3, 0.4) is 0 Å². The molecular formula is C18H15ClF2N6O2S. The van der Waals surface area contributed by atoms with Crippen LogP contribution in [0.4, 0.5) is 8.78 Å². The molecule has 0 radical (unpaired) electrons. The van der Waals surface area contributed by atoms with Gasteiger partial charge in [0.05, 0.1) is 11.6 Å². The summed E-state index contributed by atoms with van der Waals surface area (Å²) in [5, 5.41) is 15.7. The van der Waals surface area contributed by atoms with E-state index in [0.717, 1.165) is 6.07 Å². The number of nitrogens with one attached hydrogen (secondary N) is 1. The number of benzene rings is 1. The zero-order valence-electron chi connectivity index (χ0n) is 15.4. The lowest BCUT2D eigenvalue weighted by atomic mass is 10.2. The summed E-state index contributed by atoms with van der Waals surface area (Å²) in [7, 11) is 0. The van der Waals surface area contributed by atoms with E-state index in [1.165, 1.54) is 29.3 Å². The molecule has 0 bridgehead atoms. The van der Waals surface area contributed by atoms with Gasteiger partial charge < -0.3 is 10.1 Å². The Morgan fingerprint density at radius 1 is 1.30 bits per heavy atom. The number of hydrogen-bond donors (Lipinski definition) is 1. The minimum Gasteiger partial charge on any atom is -0.435 e. The van der Waals surface area contributed by atoms with Crippen molar-refractivity contribution in [3.63, 3.8) is 0 Å². The van der Waals surface area contributed by atoms with Gasteiger partial charge in [-0.3, -0.25) is 4.79 Å². The number of alkyl halides is 2. The number of hydrogen-bond acceptors (Lipinski definition) is 6. The summed E-state index contributed by atoms with van der Waals surface area (Å²) in [5.41, 5.74) is 0.433. The molecule has 2 aromatic heterocycles. The van der Waals surface area contributed by atoms with Crippen LogP contribution in [0, 0.1) is 11.3 Å². The maximum Gasteiger partial charge on any atom is 0.387 e. The van der Waals surface area contributed by atoms with E-state index in [9.17, 15) is 13.6 Å². The molecule has 0 spiro atoms. The quantitative estimate of drug-likeness (QED) is 0.614. The zero-order valence-corrected chi connectivity index (χ0v) is 17.1. The highest BCUT2D eigenvalue weighted by Crippen LogP contribution is 2.23. The van der Waals surface area contributed by atoms with E-state index in [0.29, 0.717) is 17.2 Å². The standard InChI is InChI=1S/C18H13ClF2N6O2.H2S/c1-10(16-24-9-25-27(16)15-3-2-11(7-22)8-23-15)26-17(28)12-4-13(19)6-14(5-12)29-18(20)21;/h2-6,8-10,18H,1H3,(H,26,28);1H2/t10-;/m0./s1. The molecule has 1 amide bonds. The fraction of sp³-hybridized carbons (Fsp3) is 0.167. The van der Waals surface area contributed by atoms with Crippen molar-refractivity contribution < 1.29 is 18.3 Å². The molecule has 0 unspecified atom stereocenters. The van der Waals surface area contributed by atoms with Gasteiger partial charge in [0.1, 0.15) is 18.1 Å². The first kappa shape index (κ1) is 23.1. The molecule has 0 aliphatic rings. The molecule has 1 atom stereocenters. The van der Waals surface area contributed by atoms with Crippen molar-refractivity contribution in [1.82, 2.24) is 25.1 Å². The summed E-state index contributed by atoms with van der Waals surface area (Å²) < 4.78 is 30.6. The minimum absolute atomic E-state index is 0. The highest BCUT2D eigenvalue weighted by atomic mass is 35.5. The Morgan fingerprint density at radius 2 is 2.07 bits per heavy atom. The van der Waals surface area contributed by atoms with Crippen LogP contribution >= 0.6 is 25.1 Å². The van der Waals surface area contributed by atoms with E-state index in [1.54, 1.807) is 19.1 Å². The monoisotopic (exact) mass is 452 g/mol. The minimum atomic E-state index is -3.04. The smallest absolute Gasteiger partial charge is 0.387 e. The van der Waals surface area contributed by atoms with Gasteiger partial charge >= 0.3 is 6.61 Å². The second-order valence-corrected chi connectivity index (χ2v) is 6.23. The van der Waals surface area contributed by atoms with E-state index >= 15 is 0 Å². The number of amides is 1. The number of nitriles is 1. The van der Waals surface area contributed by atoms with Crippen LogP contribution in [0.1, 0.15) is 34.7 Å². The number of pyridine rings is 1. The highest BCUT2D eigenvalue weighted by Gasteiger charge is 2.19. The third-order valence-corrected chi connectivity index (χ3v) is 3.98. The molecule has 0 fully saturated rings. The Hall–Kier alpha value is -3.23. The van der Waals surface area contributed by atoms with Crippen molar-refractivity contribution in [2.24, 2.45) is 0 Å². The van der Waals surface area contributed by atoms with Crippen molar-refractivity contribution in [1.29, 1.82) is 5.26 Å². The fourth-order valence-corrected chi connectivity index (χ4v) is 2.73. The van der Waals surface area contributed by atoms with E-state index in [-0.39, 0.29) is 29.8 Å². The summed E-state index contributed by atoms with van der Waals surface area (Å²) in [4.78, 5) is 20.8. The Kier molecular flexibility index (Phi) is 7.68. The van der Waals surface area contributed by atoms with E-state index in [4.69, 9.17) is 16.9 Å². The molecule has 2 heterocycles. The Labute approximate surface area is 181 Å². The summed E-state index contributed by atoms with van der Waals surface area (Å²) in [5.74, 6) is -0.00804. The summed E-state index contributed by atoms with van der Waals surface area (Å²) >= 11 is 5.88. The second-order valence-electron chi connectivity index (χ2n) is 5.80. The summed E-state index contributed by atoms with van der Waals surface area (Å²) in [6.07, 6.45) is 2.69. The predicted octanol–water partition coefficient (Wildman–Crippen LogP) is 3.39. The molecule has 1 aromatic carbocycles. The lowest BCUT2D eigenvalue weighted by molar-refractivity contribution is -0.0498. The van der Waals surface area contributed by atoms with Crippen LogP contribution in [0.15, 0.2) is 42.9 Å². The van der Waals surface area contributed by atoms with Crippen molar-refractivity contribution >= 4 is 31.0 Å². The number of carbonyl (C=O) groups excluding carboxylic acids is 1. The van der Waals surface area contributed by atoms with Crippen molar-refractivity contribution in [3.8, 4) is 17.6 Å². The van der Waals surface area contributed by atoms with Gasteiger partial charge in [0.15, 0.2) is 11.6 Å². The molecule has 8 nitrogen and oxygen atoms in total. The molecule has 156 valence electrons. The first-order valence-corrected chi connectivity index (χ1v) is 8.58. The molecule has 12 heteroatoms. The largest absolute Gasteiger partial charge is 0.435 e. The number of nitrogens with zero attached hydrogens (tertiary/aromatic N) is 5. The molecule has 0 saturated carbocycles. The molecule has 3 aromatic rings. The molecule has 0 saturated heterocycles. The summed E-state index contributed by atoms with van der Waals surface area (Å²) in [6, 6.07) is 8.20. The van der Waals surface area contributed by atoms with Gasteiger partial charge in [0, 0.05) is 16.8 Å². The van der Waals surface area contributed by atoms with Crippen LogP contribution in [0.25, 0.3) is 5.82 Å². The first-order chi connectivity index (χ1) is 13.9. The van der Waals surface area contributed by atoms with E-state index in [2.05, 4.69) is 25.1 Å². The Morgan fingerprint density at radius 3 is 2.70 bits per heavy atom. The second kappa shape index (κ2) is 10.00. The number of ether oxygens (including phenoxy) is 1.